The van der Waals surface area contributed by atoms with Gasteiger partial charge >= 0.3 is 0 Å². The van der Waals surface area contributed by atoms with E-state index in [0.717, 1.165) is 18.5 Å². The summed E-state index contributed by atoms with van der Waals surface area (Å²) < 4.78 is 0. The molecule has 0 heterocycles. The van der Waals surface area contributed by atoms with Crippen molar-refractivity contribution >= 4 is 23.0 Å². The van der Waals surface area contributed by atoms with Gasteiger partial charge in [0.1, 0.15) is 0 Å². The van der Waals surface area contributed by atoms with E-state index in [4.69, 9.17) is 17.3 Å². The van der Waals surface area contributed by atoms with E-state index in [9.17, 15) is 0 Å². The zero-order chi connectivity index (χ0) is 10.6. The summed E-state index contributed by atoms with van der Waals surface area (Å²) in [5, 5.41) is 4.08. The zero-order valence-electron chi connectivity index (χ0n) is 8.68. The molecule has 3 N–H and O–H groups in total. The second-order valence-corrected chi connectivity index (χ2v) is 3.80. The van der Waals surface area contributed by atoms with Gasteiger partial charge in [0.2, 0.25) is 0 Å². The number of hydrogen-bond donors (Lipinski definition) is 2. The van der Waals surface area contributed by atoms with Crippen LogP contribution in [-0.4, -0.2) is 6.04 Å². The Bertz CT molecular complexity index is 295. The Labute approximate surface area is 90.4 Å². The van der Waals surface area contributed by atoms with Gasteiger partial charge in [-0.3, -0.25) is 0 Å². The van der Waals surface area contributed by atoms with Crippen molar-refractivity contribution in [1.29, 1.82) is 0 Å². The maximum absolute atomic E-state index is 6.05. The molecule has 0 fully saturated rings. The lowest BCUT2D eigenvalue weighted by Gasteiger charge is -2.17. The highest BCUT2D eigenvalue weighted by molar-refractivity contribution is 6.33. The summed E-state index contributed by atoms with van der Waals surface area (Å²) in [6.45, 7) is 4.32. The molecule has 0 spiro atoms. The van der Waals surface area contributed by atoms with Gasteiger partial charge in [0, 0.05) is 11.7 Å². The molecule has 0 aliphatic carbocycles. The lowest BCUT2D eigenvalue weighted by molar-refractivity contribution is 0.672. The van der Waals surface area contributed by atoms with Crippen LogP contribution in [0.2, 0.25) is 5.02 Å². The van der Waals surface area contributed by atoms with Crippen LogP contribution in [-0.2, 0) is 0 Å². The lowest BCUT2D eigenvalue weighted by atomic mass is 10.1. The van der Waals surface area contributed by atoms with E-state index in [2.05, 4.69) is 19.2 Å². The fourth-order valence-electron chi connectivity index (χ4n) is 1.36. The van der Waals surface area contributed by atoms with Crippen LogP contribution in [0.1, 0.15) is 26.7 Å². The Balaban J connectivity index is 2.76. The Morgan fingerprint density at radius 2 is 2.00 bits per heavy atom. The van der Waals surface area contributed by atoms with E-state index in [1.165, 1.54) is 0 Å². The number of nitrogens with two attached hydrogens (primary N) is 1. The second-order valence-electron chi connectivity index (χ2n) is 3.40. The molecular formula is C11H17ClN2. The highest BCUT2D eigenvalue weighted by Crippen LogP contribution is 2.25. The molecule has 0 saturated heterocycles. The fourth-order valence-corrected chi connectivity index (χ4v) is 1.60. The molecule has 78 valence electrons. The average molecular weight is 213 g/mol. The summed E-state index contributed by atoms with van der Waals surface area (Å²) in [4.78, 5) is 0. The van der Waals surface area contributed by atoms with E-state index in [1.54, 1.807) is 6.07 Å². The van der Waals surface area contributed by atoms with Crippen molar-refractivity contribution in [3.63, 3.8) is 0 Å². The van der Waals surface area contributed by atoms with Crippen molar-refractivity contribution in [2.45, 2.75) is 32.7 Å². The number of nitrogens with one attached hydrogen (secondary N) is 1. The van der Waals surface area contributed by atoms with Gasteiger partial charge in [0.15, 0.2) is 0 Å². The van der Waals surface area contributed by atoms with Gasteiger partial charge in [-0.15, -0.1) is 0 Å². The molecule has 0 aliphatic rings. The van der Waals surface area contributed by atoms with Crippen LogP contribution in [0.4, 0.5) is 11.4 Å². The summed E-state index contributed by atoms with van der Waals surface area (Å²) in [7, 11) is 0. The standard InChI is InChI=1S/C11H17ClN2/c1-3-9(4-2)14-11-6-5-8(13)7-10(11)12/h5-7,9,14H,3-4,13H2,1-2H3. The van der Waals surface area contributed by atoms with E-state index in [0.29, 0.717) is 16.8 Å². The lowest BCUT2D eigenvalue weighted by Crippen LogP contribution is -2.17. The first-order valence-electron chi connectivity index (χ1n) is 4.99. The average Bonchev–Trinajstić information content (AvgIpc) is 2.17. The maximum atomic E-state index is 6.05. The monoisotopic (exact) mass is 212 g/mol. The van der Waals surface area contributed by atoms with Gasteiger partial charge in [0.25, 0.3) is 0 Å². The molecule has 0 aliphatic heterocycles. The van der Waals surface area contributed by atoms with E-state index in [1.807, 2.05) is 12.1 Å². The minimum atomic E-state index is 0.483. The summed E-state index contributed by atoms with van der Waals surface area (Å²) >= 11 is 6.05. The van der Waals surface area contributed by atoms with Crippen LogP contribution >= 0.6 is 11.6 Å². The molecule has 0 amide bonds. The normalized spacial score (nSPS) is 10.6. The third-order valence-electron chi connectivity index (χ3n) is 2.34. The number of nitrogen functional groups attached to an aromatic ring is 1. The topological polar surface area (TPSA) is 38.0 Å². The third kappa shape index (κ3) is 2.81. The smallest absolute Gasteiger partial charge is 0.0658 e. The molecule has 0 radical (unpaired) electrons. The largest absolute Gasteiger partial charge is 0.399 e. The minimum Gasteiger partial charge on any atom is -0.399 e. The summed E-state index contributed by atoms with van der Waals surface area (Å²) in [6.07, 6.45) is 2.19. The third-order valence-corrected chi connectivity index (χ3v) is 2.65. The Kier molecular flexibility index (Phi) is 4.08. The van der Waals surface area contributed by atoms with Crippen LogP contribution in [0, 0.1) is 0 Å². The van der Waals surface area contributed by atoms with Crippen LogP contribution in [0.15, 0.2) is 18.2 Å². The highest BCUT2D eigenvalue weighted by atomic mass is 35.5. The number of halogens is 1. The van der Waals surface area contributed by atoms with E-state index < -0.39 is 0 Å². The number of benzene rings is 1. The van der Waals surface area contributed by atoms with Crippen LogP contribution in [0.5, 0.6) is 0 Å². The van der Waals surface area contributed by atoms with Crippen molar-refractivity contribution in [2.24, 2.45) is 0 Å². The predicted octanol–water partition coefficient (Wildman–Crippen LogP) is 3.52. The highest BCUT2D eigenvalue weighted by Gasteiger charge is 2.05. The molecule has 2 nitrogen and oxygen atoms in total. The summed E-state index contributed by atoms with van der Waals surface area (Å²) in [5.41, 5.74) is 7.28. The van der Waals surface area contributed by atoms with Crippen LogP contribution in [0.3, 0.4) is 0 Å². The van der Waals surface area contributed by atoms with Crippen LogP contribution < -0.4 is 11.1 Å². The van der Waals surface area contributed by atoms with Crippen molar-refractivity contribution in [1.82, 2.24) is 0 Å². The first kappa shape index (κ1) is 11.2. The zero-order valence-corrected chi connectivity index (χ0v) is 9.43. The van der Waals surface area contributed by atoms with Gasteiger partial charge in [-0.25, -0.2) is 0 Å². The van der Waals surface area contributed by atoms with Gasteiger partial charge in [-0.2, -0.15) is 0 Å². The molecule has 0 unspecified atom stereocenters. The molecule has 14 heavy (non-hydrogen) atoms. The van der Waals surface area contributed by atoms with Crippen molar-refractivity contribution < 1.29 is 0 Å². The SMILES string of the molecule is CCC(CC)Nc1ccc(N)cc1Cl. The Morgan fingerprint density at radius 3 is 2.50 bits per heavy atom. The Morgan fingerprint density at radius 1 is 1.36 bits per heavy atom. The molecule has 1 rings (SSSR count). The number of hydrogen-bond acceptors (Lipinski definition) is 2. The van der Waals surface area contributed by atoms with Gasteiger partial charge in [-0.05, 0) is 31.0 Å². The van der Waals surface area contributed by atoms with Gasteiger partial charge in [0.05, 0.1) is 10.7 Å². The van der Waals surface area contributed by atoms with Crippen molar-refractivity contribution in [2.75, 3.05) is 11.1 Å². The first-order valence-corrected chi connectivity index (χ1v) is 5.36. The quantitative estimate of drug-likeness (QED) is 0.750. The Hall–Kier alpha value is -0.890. The molecule has 0 saturated carbocycles. The van der Waals surface area contributed by atoms with E-state index >= 15 is 0 Å². The van der Waals surface area contributed by atoms with Gasteiger partial charge < -0.3 is 11.1 Å². The predicted molar refractivity (Wildman–Crippen MR) is 63.9 cm³/mol. The molecular weight excluding hydrogens is 196 g/mol. The maximum Gasteiger partial charge on any atom is 0.0658 e. The van der Waals surface area contributed by atoms with Crippen LogP contribution in [0.25, 0.3) is 0 Å². The summed E-state index contributed by atoms with van der Waals surface area (Å²) in [6, 6.07) is 6.04. The summed E-state index contributed by atoms with van der Waals surface area (Å²) in [5.74, 6) is 0. The van der Waals surface area contributed by atoms with Gasteiger partial charge in [-0.1, -0.05) is 25.4 Å². The molecule has 0 bridgehead atoms. The van der Waals surface area contributed by atoms with Crippen molar-refractivity contribution in [3.05, 3.63) is 23.2 Å². The number of rotatable bonds is 4. The molecule has 1 aromatic rings. The molecule has 0 aromatic heterocycles. The fraction of sp³-hybridized carbons (Fsp3) is 0.455. The molecule has 0 atom stereocenters. The first-order chi connectivity index (χ1) is 6.67. The van der Waals surface area contributed by atoms with Crippen molar-refractivity contribution in [3.8, 4) is 0 Å². The molecule has 3 heteroatoms. The second kappa shape index (κ2) is 5.11. The molecule has 1 aromatic carbocycles. The number of anilines is 2. The van der Waals surface area contributed by atoms with E-state index in [-0.39, 0.29) is 0 Å². The minimum absolute atomic E-state index is 0.483.